The number of hydrogen-bond donors (Lipinski definition) is 1. The van der Waals surface area contributed by atoms with Gasteiger partial charge in [0.1, 0.15) is 11.3 Å². The van der Waals surface area contributed by atoms with E-state index in [-0.39, 0.29) is 30.8 Å². The summed E-state index contributed by atoms with van der Waals surface area (Å²) in [7, 11) is 3.69. The van der Waals surface area contributed by atoms with Crippen molar-refractivity contribution in [2.45, 2.75) is 57.9 Å². The van der Waals surface area contributed by atoms with Gasteiger partial charge in [-0.05, 0) is 61.3 Å². The van der Waals surface area contributed by atoms with E-state index in [1.165, 1.54) is 35.7 Å². The Morgan fingerprint density at radius 2 is 1.84 bits per heavy atom. The highest BCUT2D eigenvalue weighted by Crippen LogP contribution is 2.41. The molecule has 2 aromatic carbocycles. The van der Waals surface area contributed by atoms with Gasteiger partial charge in [0.05, 0.1) is 30.4 Å². The number of nitrogens with zero attached hydrogens (tertiary/aromatic N) is 5. The van der Waals surface area contributed by atoms with Crippen molar-refractivity contribution in [1.29, 1.82) is 0 Å². The summed E-state index contributed by atoms with van der Waals surface area (Å²) < 4.78 is 10.4. The summed E-state index contributed by atoms with van der Waals surface area (Å²) in [5, 5.41) is 10.4. The number of fused-ring (bicyclic) bond motifs is 2. The molecule has 0 spiro atoms. The predicted molar refractivity (Wildman–Crippen MR) is 171 cm³/mol. The number of hydrogen-bond acceptors (Lipinski definition) is 5. The molecular weight excluding hydrogens is 554 g/mol. The Morgan fingerprint density at radius 1 is 1.02 bits per heavy atom. The van der Waals surface area contributed by atoms with Crippen molar-refractivity contribution in [3.8, 4) is 17.3 Å². The third kappa shape index (κ3) is 5.05. The van der Waals surface area contributed by atoms with Crippen molar-refractivity contribution in [1.82, 2.24) is 23.9 Å². The van der Waals surface area contributed by atoms with Gasteiger partial charge in [-0.3, -0.25) is 9.59 Å². The van der Waals surface area contributed by atoms with Gasteiger partial charge in [0.25, 0.3) is 5.91 Å². The quantitative estimate of drug-likeness (QED) is 0.287. The fraction of sp³-hybridized carbons (Fsp3) is 0.514. The minimum Gasteiger partial charge on any atom is -0.494 e. The van der Waals surface area contributed by atoms with Gasteiger partial charge < -0.3 is 28.8 Å². The summed E-state index contributed by atoms with van der Waals surface area (Å²) in [6.07, 6.45) is 5.95. The number of carbonyl (C=O) groups is 2. The highest BCUT2D eigenvalue weighted by atomic mass is 16.5. The minimum absolute atomic E-state index is 0.0157. The zero-order valence-corrected chi connectivity index (χ0v) is 26.1. The standard InChI is InChI=1S/C35H43N5O4/c1-4-22-7-6-13-38(18-22)35(43)25-15-28-33(30(17-25)44-3)37(2)34(36-28)29-16-24-8-5-9-27(32(24)40(29)19-23-10-11-23)26-20-39(21-26)31(42)12-14-41/h5,8-9,15-17,22-23,26,41H,4,6-7,10-14,18-21H2,1-3H3/t22-/m1/s1. The topological polar surface area (TPSA) is 92.8 Å². The van der Waals surface area contributed by atoms with Crippen LogP contribution in [0, 0.1) is 11.8 Å². The average molecular weight is 598 g/mol. The summed E-state index contributed by atoms with van der Waals surface area (Å²) in [5.41, 5.74) is 5.81. The molecule has 1 N–H and O–H groups in total. The molecule has 7 rings (SSSR count). The van der Waals surface area contributed by atoms with Crippen LogP contribution in [0.3, 0.4) is 0 Å². The lowest BCUT2D eigenvalue weighted by atomic mass is 9.89. The number of aryl methyl sites for hydroxylation is 1. The molecule has 1 aliphatic carbocycles. The lowest BCUT2D eigenvalue weighted by Gasteiger charge is -2.40. The molecule has 2 amide bonds. The van der Waals surface area contributed by atoms with Crippen LogP contribution in [0.2, 0.25) is 0 Å². The first-order valence-corrected chi connectivity index (χ1v) is 16.2. The van der Waals surface area contributed by atoms with Crippen LogP contribution in [-0.2, 0) is 18.4 Å². The van der Waals surface area contributed by atoms with Gasteiger partial charge in [-0.2, -0.15) is 0 Å². The van der Waals surface area contributed by atoms with Crippen LogP contribution in [0.25, 0.3) is 33.5 Å². The second-order valence-electron chi connectivity index (χ2n) is 13.0. The van der Waals surface area contributed by atoms with Crippen LogP contribution in [0.4, 0.5) is 0 Å². The molecule has 232 valence electrons. The predicted octanol–water partition coefficient (Wildman–Crippen LogP) is 5.18. The molecule has 9 nitrogen and oxygen atoms in total. The first-order valence-electron chi connectivity index (χ1n) is 16.2. The fourth-order valence-corrected chi connectivity index (χ4v) is 7.33. The Bertz CT molecular complexity index is 1730. The highest BCUT2D eigenvalue weighted by molar-refractivity contribution is 6.00. The number of aliphatic hydroxyl groups is 1. The monoisotopic (exact) mass is 597 g/mol. The van der Waals surface area contributed by atoms with E-state index < -0.39 is 0 Å². The third-order valence-electron chi connectivity index (χ3n) is 10.1. The molecule has 0 bridgehead atoms. The van der Waals surface area contributed by atoms with Crippen molar-refractivity contribution >= 4 is 33.8 Å². The van der Waals surface area contributed by atoms with Crippen LogP contribution >= 0.6 is 0 Å². The Balaban J connectivity index is 1.29. The van der Waals surface area contributed by atoms with Crippen LogP contribution in [0.15, 0.2) is 36.4 Å². The maximum absolute atomic E-state index is 13.7. The number of ether oxygens (including phenoxy) is 1. The number of imidazole rings is 1. The molecule has 2 saturated heterocycles. The third-order valence-corrected chi connectivity index (χ3v) is 10.1. The number of aliphatic hydroxyl groups excluding tert-OH is 1. The number of rotatable bonds is 9. The van der Waals surface area contributed by atoms with E-state index >= 15 is 0 Å². The largest absolute Gasteiger partial charge is 0.494 e. The number of likely N-dealkylation sites (tertiary alicyclic amines) is 2. The van der Waals surface area contributed by atoms with E-state index in [0.717, 1.165) is 55.0 Å². The zero-order chi connectivity index (χ0) is 30.5. The van der Waals surface area contributed by atoms with Crippen LogP contribution in [0.5, 0.6) is 5.75 Å². The van der Waals surface area contributed by atoms with Gasteiger partial charge in [-0.15, -0.1) is 0 Å². The fourth-order valence-electron chi connectivity index (χ4n) is 7.33. The Hall–Kier alpha value is -3.85. The van der Waals surface area contributed by atoms with Gasteiger partial charge in [0.15, 0.2) is 5.82 Å². The molecule has 3 aliphatic rings. The van der Waals surface area contributed by atoms with Crippen molar-refractivity contribution in [2.75, 3.05) is 39.9 Å². The van der Waals surface area contributed by atoms with Gasteiger partial charge in [-0.1, -0.05) is 31.5 Å². The first-order chi connectivity index (χ1) is 21.4. The van der Waals surface area contributed by atoms with E-state index in [4.69, 9.17) is 9.72 Å². The van der Waals surface area contributed by atoms with Crippen LogP contribution < -0.4 is 4.74 Å². The second-order valence-corrected chi connectivity index (χ2v) is 13.0. The number of para-hydroxylation sites is 1. The lowest BCUT2D eigenvalue weighted by Crippen LogP contribution is -2.48. The van der Waals surface area contributed by atoms with E-state index in [9.17, 15) is 14.7 Å². The van der Waals surface area contributed by atoms with Gasteiger partial charge in [0.2, 0.25) is 5.91 Å². The Morgan fingerprint density at radius 3 is 2.57 bits per heavy atom. The summed E-state index contributed by atoms with van der Waals surface area (Å²) in [5.74, 6) is 3.04. The van der Waals surface area contributed by atoms with Crippen molar-refractivity contribution in [3.63, 3.8) is 0 Å². The first kappa shape index (κ1) is 28.9. The molecule has 2 aromatic heterocycles. The van der Waals surface area contributed by atoms with E-state index in [1.54, 1.807) is 7.11 Å². The molecule has 4 aromatic rings. The van der Waals surface area contributed by atoms with Gasteiger partial charge in [0, 0.05) is 63.1 Å². The molecule has 0 radical (unpaired) electrons. The molecule has 4 heterocycles. The van der Waals surface area contributed by atoms with Crippen LogP contribution in [-0.4, -0.2) is 80.7 Å². The van der Waals surface area contributed by atoms with E-state index in [1.807, 2.05) is 29.0 Å². The van der Waals surface area contributed by atoms with E-state index in [2.05, 4.69) is 40.3 Å². The molecule has 0 unspecified atom stereocenters. The van der Waals surface area contributed by atoms with Gasteiger partial charge >= 0.3 is 0 Å². The normalized spacial score (nSPS) is 19.1. The lowest BCUT2D eigenvalue weighted by molar-refractivity contribution is -0.136. The van der Waals surface area contributed by atoms with Crippen molar-refractivity contribution in [3.05, 3.63) is 47.5 Å². The number of aromatic nitrogens is 3. The number of piperidine rings is 1. The zero-order valence-electron chi connectivity index (χ0n) is 26.1. The number of carbonyl (C=O) groups excluding carboxylic acids is 2. The molecule has 2 aliphatic heterocycles. The molecule has 3 fully saturated rings. The van der Waals surface area contributed by atoms with Crippen molar-refractivity contribution in [2.24, 2.45) is 18.9 Å². The SMILES string of the molecule is CC[C@@H]1CCCN(C(=O)c2cc(OC)c3c(c2)nc(-c2cc4cccc(C5CN(C(=O)CCO)C5)c4n2CC2CC2)n3C)C1. The number of methoxy groups -OCH3 is 1. The highest BCUT2D eigenvalue weighted by Gasteiger charge is 2.34. The molecule has 1 atom stereocenters. The summed E-state index contributed by atoms with van der Waals surface area (Å²) >= 11 is 0. The Labute approximate surface area is 258 Å². The maximum atomic E-state index is 13.7. The molecule has 44 heavy (non-hydrogen) atoms. The smallest absolute Gasteiger partial charge is 0.254 e. The molecular formula is C35H43N5O4. The van der Waals surface area contributed by atoms with Crippen LogP contribution in [0.1, 0.15) is 67.3 Å². The van der Waals surface area contributed by atoms with Gasteiger partial charge in [-0.25, -0.2) is 4.98 Å². The summed E-state index contributed by atoms with van der Waals surface area (Å²) in [6.45, 7) is 5.97. The summed E-state index contributed by atoms with van der Waals surface area (Å²) in [4.78, 5) is 35.0. The molecule has 1 saturated carbocycles. The number of benzene rings is 2. The maximum Gasteiger partial charge on any atom is 0.254 e. The average Bonchev–Trinajstić information content (AvgIpc) is 3.68. The Kier molecular flexibility index (Phi) is 7.60. The second kappa shape index (κ2) is 11.6. The van der Waals surface area contributed by atoms with E-state index in [0.29, 0.717) is 36.2 Å². The number of amides is 2. The van der Waals surface area contributed by atoms with Crippen molar-refractivity contribution < 1.29 is 19.4 Å². The summed E-state index contributed by atoms with van der Waals surface area (Å²) in [6, 6.07) is 12.5. The molecule has 9 heteroatoms. The minimum atomic E-state index is -0.112.